The van der Waals surface area contributed by atoms with E-state index in [4.69, 9.17) is 2.74 Å². The molecule has 16 heavy (non-hydrogen) atoms. The van der Waals surface area contributed by atoms with Crippen LogP contribution in [0.4, 0.5) is 0 Å². The highest BCUT2D eigenvalue weighted by Crippen LogP contribution is 2.57. The van der Waals surface area contributed by atoms with E-state index in [0.717, 1.165) is 24.8 Å². The Morgan fingerprint density at radius 2 is 1.94 bits per heavy atom. The Hall–Kier alpha value is -0.780. The van der Waals surface area contributed by atoms with Gasteiger partial charge in [-0.25, -0.2) is 0 Å². The van der Waals surface area contributed by atoms with Crippen LogP contribution in [0.1, 0.15) is 53.4 Å². The largest absolute Gasteiger partial charge is 0.0648 e. The van der Waals surface area contributed by atoms with Crippen molar-refractivity contribution in [2.45, 2.75) is 52.3 Å². The summed E-state index contributed by atoms with van der Waals surface area (Å²) in [5.41, 5.74) is 2.40. The van der Waals surface area contributed by atoms with Crippen LogP contribution < -0.4 is 0 Å². The van der Waals surface area contributed by atoms with E-state index in [2.05, 4.69) is 19.9 Å². The van der Waals surface area contributed by atoms with E-state index in [0.29, 0.717) is 5.41 Å². The first-order chi connectivity index (χ1) is 8.43. The van der Waals surface area contributed by atoms with Crippen LogP contribution in [0.2, 0.25) is 0 Å². The molecule has 1 atom stereocenters. The highest BCUT2D eigenvalue weighted by atomic mass is 14.5. The average molecular weight is 216 g/mol. The van der Waals surface area contributed by atoms with Gasteiger partial charge in [0.05, 0.1) is 0 Å². The molecule has 0 bridgehead atoms. The van der Waals surface area contributed by atoms with Crippen molar-refractivity contribution in [2.24, 2.45) is 10.8 Å². The second-order valence-corrected chi connectivity index (χ2v) is 6.08. The molecule has 0 heterocycles. The Bertz CT molecular complexity index is 474. The predicted octanol–water partition coefficient (Wildman–Crippen LogP) is 4.37. The Labute approximate surface area is 102 Å². The van der Waals surface area contributed by atoms with Crippen LogP contribution in [-0.4, -0.2) is 0 Å². The molecular weight excluding hydrogens is 192 g/mol. The molecular formula is C16H22. The van der Waals surface area contributed by atoms with E-state index in [-0.39, 0.29) is 5.41 Å². The molecule has 1 aromatic carbocycles. The van der Waals surface area contributed by atoms with E-state index >= 15 is 0 Å². The molecule has 0 heteroatoms. The van der Waals surface area contributed by atoms with Crippen molar-refractivity contribution in [2.75, 3.05) is 0 Å². The van der Waals surface area contributed by atoms with Gasteiger partial charge in [-0.2, -0.15) is 0 Å². The number of rotatable bonds is 3. The van der Waals surface area contributed by atoms with Crippen molar-refractivity contribution in [1.82, 2.24) is 0 Å². The molecule has 0 amide bonds. The molecule has 0 N–H and O–H groups in total. The van der Waals surface area contributed by atoms with Crippen LogP contribution in [0, 0.1) is 10.8 Å². The summed E-state index contributed by atoms with van der Waals surface area (Å²) in [5.74, 6) is 0. The molecule has 1 aromatic rings. The lowest BCUT2D eigenvalue weighted by Gasteiger charge is -2.31. The minimum Gasteiger partial charge on any atom is -0.0648 e. The first-order valence-corrected chi connectivity index (χ1v) is 6.51. The van der Waals surface area contributed by atoms with Gasteiger partial charge in [-0.15, -0.1) is 0 Å². The molecule has 0 nitrogen and oxygen atoms in total. The topological polar surface area (TPSA) is 0 Å². The zero-order valence-corrected chi connectivity index (χ0v) is 10.3. The van der Waals surface area contributed by atoms with Gasteiger partial charge in [0.1, 0.15) is 0 Å². The van der Waals surface area contributed by atoms with Gasteiger partial charge in [0.15, 0.2) is 0 Å². The zero-order valence-electron chi connectivity index (χ0n) is 12.3. The molecule has 1 unspecified atom stereocenters. The fourth-order valence-corrected chi connectivity index (χ4v) is 3.14. The van der Waals surface area contributed by atoms with E-state index in [1.165, 1.54) is 18.4 Å². The van der Waals surface area contributed by atoms with Gasteiger partial charge in [0.25, 0.3) is 0 Å². The first kappa shape index (κ1) is 8.33. The summed E-state index contributed by atoms with van der Waals surface area (Å²) in [6.07, 6.45) is 4.29. The molecule has 86 valence electrons. The Morgan fingerprint density at radius 3 is 2.50 bits per heavy atom. The van der Waals surface area contributed by atoms with Crippen LogP contribution >= 0.6 is 0 Å². The van der Waals surface area contributed by atoms with Gasteiger partial charge < -0.3 is 0 Å². The lowest BCUT2D eigenvalue weighted by molar-refractivity contribution is 0.213. The fourth-order valence-electron chi connectivity index (χ4n) is 3.14. The molecule has 1 fully saturated rings. The summed E-state index contributed by atoms with van der Waals surface area (Å²) in [7, 11) is 0. The summed E-state index contributed by atoms with van der Waals surface area (Å²) < 4.78 is 17.3. The van der Waals surface area contributed by atoms with Crippen molar-refractivity contribution in [3.8, 4) is 0 Å². The van der Waals surface area contributed by atoms with E-state index in [9.17, 15) is 0 Å². The van der Waals surface area contributed by atoms with Crippen molar-refractivity contribution in [3.63, 3.8) is 0 Å². The molecule has 0 aliphatic heterocycles. The van der Waals surface area contributed by atoms with Gasteiger partial charge in [-0.3, -0.25) is 0 Å². The van der Waals surface area contributed by atoms with Crippen LogP contribution in [0.5, 0.6) is 0 Å². The summed E-state index contributed by atoms with van der Waals surface area (Å²) in [5, 5.41) is 0. The Morgan fingerprint density at radius 1 is 1.25 bits per heavy atom. The van der Waals surface area contributed by atoms with Gasteiger partial charge in [0, 0.05) is 2.74 Å². The molecule has 2 aliphatic carbocycles. The minimum atomic E-state index is -1.16. The minimum absolute atomic E-state index is 0.179. The summed E-state index contributed by atoms with van der Waals surface area (Å²) in [4.78, 5) is 0. The van der Waals surface area contributed by atoms with E-state index in [1.807, 2.05) is 18.2 Å². The van der Waals surface area contributed by atoms with Crippen molar-refractivity contribution < 1.29 is 2.74 Å². The fraction of sp³-hybridized carbons (Fsp3) is 0.625. The summed E-state index contributed by atoms with van der Waals surface area (Å²) >= 11 is 0. The van der Waals surface area contributed by atoms with Crippen LogP contribution in [-0.2, 0) is 12.8 Å². The average Bonchev–Trinajstić information content (AvgIpc) is 3.00. The Balaban J connectivity index is 2.03. The quantitative estimate of drug-likeness (QED) is 0.703. The molecule has 0 saturated heterocycles. The van der Waals surface area contributed by atoms with Crippen LogP contribution in [0.3, 0.4) is 0 Å². The first-order valence-electron chi connectivity index (χ1n) is 7.51. The van der Waals surface area contributed by atoms with Crippen LogP contribution in [0.15, 0.2) is 24.3 Å². The highest BCUT2D eigenvalue weighted by Gasteiger charge is 2.46. The maximum absolute atomic E-state index is 8.65. The van der Waals surface area contributed by atoms with Gasteiger partial charge in [-0.05, 0) is 60.4 Å². The smallest absolute Gasteiger partial charge is 0.0322 e. The van der Waals surface area contributed by atoms with Gasteiger partial charge >= 0.3 is 0 Å². The number of hydrogen-bond donors (Lipinski definition) is 0. The number of fused-ring (bicyclic) bond motifs is 1. The molecule has 1 saturated carbocycles. The molecule has 0 radical (unpaired) electrons. The zero-order chi connectivity index (χ0) is 13.0. The lowest BCUT2D eigenvalue weighted by atomic mass is 9.74. The number of benzene rings is 1. The van der Waals surface area contributed by atoms with Crippen molar-refractivity contribution in [1.29, 1.82) is 0 Å². The second kappa shape index (κ2) is 3.35. The summed E-state index contributed by atoms with van der Waals surface area (Å²) in [6.45, 7) is 4.49. The highest BCUT2D eigenvalue weighted by molar-refractivity contribution is 5.34. The number of hydrogen-bond acceptors (Lipinski definition) is 0. The van der Waals surface area contributed by atoms with Gasteiger partial charge in [0.2, 0.25) is 0 Å². The second-order valence-electron chi connectivity index (χ2n) is 6.08. The Kier molecular flexibility index (Phi) is 1.75. The van der Waals surface area contributed by atoms with Gasteiger partial charge in [-0.1, -0.05) is 38.1 Å². The van der Waals surface area contributed by atoms with E-state index < -0.39 is 6.37 Å². The summed E-state index contributed by atoms with van der Waals surface area (Å²) in [6, 6.07) is 8.11. The molecule has 0 spiro atoms. The third kappa shape index (κ3) is 1.69. The molecule has 2 aliphatic rings. The maximum atomic E-state index is 8.65. The standard InChI is InChI=1S/C16H22/c1-3-16(12-15(2)8-9-15)10-13-6-4-5-7-14(13)11-16/h4-7H,3,8-12H2,1-2H3/i10D2. The van der Waals surface area contributed by atoms with Crippen molar-refractivity contribution >= 4 is 0 Å². The van der Waals surface area contributed by atoms with Crippen LogP contribution in [0.25, 0.3) is 0 Å². The van der Waals surface area contributed by atoms with E-state index in [1.54, 1.807) is 0 Å². The maximum Gasteiger partial charge on any atom is 0.0322 e. The molecule has 0 aromatic heterocycles. The third-order valence-electron chi connectivity index (χ3n) is 4.49. The normalized spacial score (nSPS) is 35.1. The lowest BCUT2D eigenvalue weighted by Crippen LogP contribution is -2.24. The molecule has 3 rings (SSSR count). The monoisotopic (exact) mass is 216 g/mol. The van der Waals surface area contributed by atoms with Crippen molar-refractivity contribution in [3.05, 3.63) is 35.4 Å². The predicted molar refractivity (Wildman–Crippen MR) is 68.5 cm³/mol. The SMILES string of the molecule is [2H]C1([2H])c2ccccc2CC1(CC)CC1(C)CC1. The third-order valence-corrected chi connectivity index (χ3v) is 4.49.